The topological polar surface area (TPSA) is 21.6 Å². The molecular formula is C10H5Cl2F3NO. The Morgan fingerprint density at radius 1 is 1.29 bits per heavy atom. The van der Waals surface area contributed by atoms with Gasteiger partial charge in [0.05, 0.1) is 15.6 Å². The minimum atomic E-state index is -4.51. The monoisotopic (exact) mass is 282 g/mol. The maximum atomic E-state index is 12.8. The number of hydrogen-bond donors (Lipinski definition) is 0. The maximum Gasteiger partial charge on any atom is 0.416 e. The third kappa shape index (κ3) is 2.50. The Balaban J connectivity index is 2.55. The normalized spacial score (nSPS) is 19.5. The van der Waals surface area contributed by atoms with E-state index >= 15 is 0 Å². The zero-order valence-electron chi connectivity index (χ0n) is 8.18. The first-order chi connectivity index (χ1) is 7.89. The molecule has 7 heteroatoms. The van der Waals surface area contributed by atoms with Crippen LogP contribution in [-0.4, -0.2) is 13.0 Å². The molecule has 1 aliphatic rings. The van der Waals surface area contributed by atoms with Crippen molar-refractivity contribution in [1.82, 2.24) is 0 Å². The smallest absolute Gasteiger partial charge is 0.416 e. The molecule has 0 amide bonds. The van der Waals surface area contributed by atoms with Crippen LogP contribution in [-0.2, 0) is 10.9 Å². The van der Waals surface area contributed by atoms with Gasteiger partial charge in [-0.3, -0.25) is 0 Å². The molecule has 17 heavy (non-hydrogen) atoms. The molecule has 0 aliphatic carbocycles. The van der Waals surface area contributed by atoms with Gasteiger partial charge in [0, 0.05) is 0 Å². The van der Waals surface area contributed by atoms with E-state index in [1.807, 2.05) is 0 Å². The van der Waals surface area contributed by atoms with Crippen LogP contribution in [0.4, 0.5) is 13.2 Å². The van der Waals surface area contributed by atoms with Crippen molar-refractivity contribution in [1.29, 1.82) is 0 Å². The van der Waals surface area contributed by atoms with Gasteiger partial charge in [-0.05, 0) is 17.7 Å². The third-order valence-corrected chi connectivity index (χ3v) is 2.99. The number of ether oxygens (including phenoxy) is 1. The van der Waals surface area contributed by atoms with Crippen LogP contribution in [0.3, 0.4) is 0 Å². The summed E-state index contributed by atoms with van der Waals surface area (Å²) >= 11 is 11.3. The highest BCUT2D eigenvalue weighted by molar-refractivity contribution is 6.42. The lowest BCUT2D eigenvalue weighted by atomic mass is 10.0. The number of halogens is 5. The highest BCUT2D eigenvalue weighted by Gasteiger charge is 2.36. The van der Waals surface area contributed by atoms with Crippen molar-refractivity contribution in [3.05, 3.63) is 33.3 Å². The Hall–Kier alpha value is -0.940. The summed E-state index contributed by atoms with van der Waals surface area (Å²) in [5.74, 6) is 0. The molecule has 2 nitrogen and oxygen atoms in total. The summed E-state index contributed by atoms with van der Waals surface area (Å²) in [6.07, 6.45) is -2.35. The Bertz CT molecular complexity index is 473. The summed E-state index contributed by atoms with van der Waals surface area (Å²) < 4.78 is 43.1. The van der Waals surface area contributed by atoms with Crippen LogP contribution in [0.5, 0.6) is 0 Å². The quantitative estimate of drug-likeness (QED) is 0.763. The lowest BCUT2D eigenvalue weighted by Gasteiger charge is -2.16. The lowest BCUT2D eigenvalue weighted by Crippen LogP contribution is -2.12. The molecule has 1 heterocycles. The van der Waals surface area contributed by atoms with Gasteiger partial charge in [-0.2, -0.15) is 13.2 Å². The zero-order chi connectivity index (χ0) is 12.6. The van der Waals surface area contributed by atoms with E-state index in [0.29, 0.717) is 0 Å². The van der Waals surface area contributed by atoms with Gasteiger partial charge in [0.15, 0.2) is 0 Å². The van der Waals surface area contributed by atoms with Crippen molar-refractivity contribution in [3.8, 4) is 0 Å². The van der Waals surface area contributed by atoms with Crippen molar-refractivity contribution in [3.63, 3.8) is 0 Å². The molecule has 0 saturated heterocycles. The molecule has 1 radical (unpaired) electrons. The maximum absolute atomic E-state index is 12.8. The Morgan fingerprint density at radius 2 is 1.94 bits per heavy atom. The van der Waals surface area contributed by atoms with E-state index in [1.165, 1.54) is 0 Å². The molecule has 1 atom stereocenters. The van der Waals surface area contributed by atoms with E-state index in [1.54, 1.807) is 0 Å². The van der Waals surface area contributed by atoms with Crippen LogP contribution in [0, 0.1) is 0 Å². The second-order valence-electron chi connectivity index (χ2n) is 3.40. The van der Waals surface area contributed by atoms with Gasteiger partial charge in [0.2, 0.25) is 0 Å². The first kappa shape index (κ1) is 12.5. The summed E-state index contributed by atoms with van der Waals surface area (Å²) in [4.78, 5) is 3.68. The van der Waals surface area contributed by atoms with E-state index in [4.69, 9.17) is 23.2 Å². The van der Waals surface area contributed by atoms with Gasteiger partial charge in [-0.25, -0.2) is 4.99 Å². The van der Waals surface area contributed by atoms with Gasteiger partial charge in [-0.15, -0.1) is 0 Å². The summed E-state index contributed by atoms with van der Waals surface area (Å²) in [7, 11) is 0. The molecule has 1 aliphatic heterocycles. The number of benzene rings is 1. The van der Waals surface area contributed by atoms with Crippen molar-refractivity contribution >= 4 is 29.6 Å². The zero-order valence-corrected chi connectivity index (χ0v) is 9.70. The van der Waals surface area contributed by atoms with Crippen molar-refractivity contribution in [2.45, 2.75) is 12.2 Å². The first-order valence-electron chi connectivity index (χ1n) is 4.52. The number of aliphatic imine (C=N–C) groups is 1. The predicted octanol–water partition coefficient (Wildman–Crippen LogP) is 3.99. The second kappa shape index (κ2) is 4.38. The summed E-state index contributed by atoms with van der Waals surface area (Å²) in [5.41, 5.74) is -0.912. The fourth-order valence-electron chi connectivity index (χ4n) is 1.50. The molecule has 1 aromatic rings. The van der Waals surface area contributed by atoms with Gasteiger partial charge >= 0.3 is 6.18 Å². The van der Waals surface area contributed by atoms with E-state index in [0.717, 1.165) is 12.1 Å². The Labute approximate surface area is 105 Å². The van der Waals surface area contributed by atoms with Crippen LogP contribution >= 0.6 is 23.2 Å². The molecule has 1 aromatic carbocycles. The highest BCUT2D eigenvalue weighted by atomic mass is 35.5. The minimum Gasteiger partial charge on any atom is -0.471 e. The van der Waals surface area contributed by atoms with E-state index in [-0.39, 0.29) is 22.2 Å². The number of rotatable bonds is 1. The largest absolute Gasteiger partial charge is 0.471 e. The fourth-order valence-corrected chi connectivity index (χ4v) is 1.83. The molecule has 2 rings (SSSR count). The molecule has 91 valence electrons. The summed E-state index contributed by atoms with van der Waals surface area (Å²) in [6.45, 7) is 0.0149. The highest BCUT2D eigenvalue weighted by Crippen LogP contribution is 2.40. The van der Waals surface area contributed by atoms with Crippen molar-refractivity contribution in [2.24, 2.45) is 4.99 Å². The molecule has 0 fully saturated rings. The number of alkyl halides is 3. The van der Waals surface area contributed by atoms with Crippen molar-refractivity contribution < 1.29 is 17.9 Å². The van der Waals surface area contributed by atoms with Crippen molar-refractivity contribution in [2.75, 3.05) is 6.61 Å². The SMILES string of the molecule is FC(F)(F)c1cc(Cl)c(Cl)cc1C1CO[C]=N1. The minimum absolute atomic E-state index is 0.0149. The third-order valence-electron chi connectivity index (χ3n) is 2.27. The molecular weight excluding hydrogens is 278 g/mol. The standard InChI is InChI=1S/C10H5Cl2F3NO/c11-7-1-5(9-3-17-4-16-9)6(2-8(7)12)10(13,14)15/h1-2,9H,3H2. The van der Waals surface area contributed by atoms with E-state index in [9.17, 15) is 13.2 Å². The summed E-state index contributed by atoms with van der Waals surface area (Å²) in [5, 5.41) is -0.0913. The predicted molar refractivity (Wildman–Crippen MR) is 57.6 cm³/mol. The molecule has 0 aromatic heterocycles. The van der Waals surface area contributed by atoms with Gasteiger partial charge in [0.1, 0.15) is 12.6 Å². The molecule has 0 N–H and O–H groups in total. The lowest BCUT2D eigenvalue weighted by molar-refractivity contribution is -0.138. The van der Waals surface area contributed by atoms with Crippen LogP contribution in [0.1, 0.15) is 17.2 Å². The Kier molecular flexibility index (Phi) is 3.23. The molecule has 0 bridgehead atoms. The van der Waals surface area contributed by atoms with Gasteiger partial charge in [-0.1, -0.05) is 23.2 Å². The van der Waals surface area contributed by atoms with E-state index in [2.05, 4.69) is 16.1 Å². The van der Waals surface area contributed by atoms with Crippen LogP contribution in [0.25, 0.3) is 0 Å². The molecule has 1 unspecified atom stereocenters. The van der Waals surface area contributed by atoms with Crippen LogP contribution in [0.2, 0.25) is 10.0 Å². The van der Waals surface area contributed by atoms with Crippen LogP contribution < -0.4 is 0 Å². The number of hydrogen-bond acceptors (Lipinski definition) is 2. The average Bonchev–Trinajstić information content (AvgIpc) is 2.73. The van der Waals surface area contributed by atoms with Gasteiger partial charge < -0.3 is 4.74 Å². The van der Waals surface area contributed by atoms with Crippen LogP contribution in [0.15, 0.2) is 17.1 Å². The van der Waals surface area contributed by atoms with Gasteiger partial charge in [0.25, 0.3) is 6.40 Å². The second-order valence-corrected chi connectivity index (χ2v) is 4.21. The fraction of sp³-hybridized carbons (Fsp3) is 0.300. The van der Waals surface area contributed by atoms with E-state index < -0.39 is 17.8 Å². The summed E-state index contributed by atoms with van der Waals surface area (Å²) in [6, 6.07) is 1.21. The number of nitrogens with zero attached hydrogens (tertiary/aromatic N) is 1. The Morgan fingerprint density at radius 3 is 2.47 bits per heavy atom. The molecule has 0 spiro atoms. The average molecular weight is 283 g/mol. The first-order valence-corrected chi connectivity index (χ1v) is 5.28. The molecule has 0 saturated carbocycles.